The molecule has 1 heterocycles. The molecule has 0 aliphatic carbocycles. The second-order valence-corrected chi connectivity index (χ2v) is 9.99. The van der Waals surface area contributed by atoms with Gasteiger partial charge in [0.25, 0.3) is 15.9 Å². The zero-order chi connectivity index (χ0) is 25.0. The van der Waals surface area contributed by atoms with Crippen LogP contribution in [-0.4, -0.2) is 33.9 Å². The Morgan fingerprint density at radius 2 is 1.83 bits per heavy atom. The van der Waals surface area contributed by atoms with Crippen LogP contribution in [0.2, 0.25) is 0 Å². The number of ether oxygens (including phenoxy) is 1. The number of hydrogen-bond acceptors (Lipinski definition) is 5. The van der Waals surface area contributed by atoms with Gasteiger partial charge in [0, 0.05) is 36.4 Å². The largest absolute Gasteiger partial charge is 0.497 e. The quantitative estimate of drug-likeness (QED) is 0.496. The molecule has 9 heteroatoms. The molecule has 0 radical (unpaired) electrons. The third kappa shape index (κ3) is 5.63. The molecule has 1 saturated heterocycles. The number of nitrogens with one attached hydrogen (secondary N) is 2. The Balaban J connectivity index is 1.47. The molecule has 0 unspecified atom stereocenters. The van der Waals surface area contributed by atoms with Gasteiger partial charge < -0.3 is 15.0 Å². The number of aryl methyl sites for hydroxylation is 1. The zero-order valence-electron chi connectivity index (χ0n) is 19.6. The van der Waals surface area contributed by atoms with Crippen LogP contribution in [-0.2, 0) is 21.4 Å². The monoisotopic (exact) mass is 493 g/mol. The molecule has 1 aliphatic heterocycles. The molecule has 3 aromatic rings. The molecule has 182 valence electrons. The summed E-state index contributed by atoms with van der Waals surface area (Å²) in [5.74, 6) is 0.328. The molecular weight excluding hydrogens is 466 g/mol. The number of carbonyl (C=O) groups is 2. The predicted molar refractivity (Wildman–Crippen MR) is 134 cm³/mol. The Morgan fingerprint density at radius 1 is 1.06 bits per heavy atom. The van der Waals surface area contributed by atoms with Crippen molar-refractivity contribution >= 4 is 33.2 Å². The van der Waals surface area contributed by atoms with Crippen LogP contribution in [0.1, 0.15) is 34.3 Å². The van der Waals surface area contributed by atoms with Crippen LogP contribution in [0.4, 0.5) is 11.4 Å². The summed E-state index contributed by atoms with van der Waals surface area (Å²) in [4.78, 5) is 26.7. The summed E-state index contributed by atoms with van der Waals surface area (Å²) in [6.07, 6.45) is 1.39. The molecule has 35 heavy (non-hydrogen) atoms. The maximum absolute atomic E-state index is 12.9. The minimum absolute atomic E-state index is 0.0152. The first-order valence-electron chi connectivity index (χ1n) is 11.2. The molecule has 0 bridgehead atoms. The number of rotatable bonds is 8. The van der Waals surface area contributed by atoms with Crippen LogP contribution >= 0.6 is 0 Å². The third-order valence-corrected chi connectivity index (χ3v) is 7.23. The molecule has 2 amide bonds. The van der Waals surface area contributed by atoms with E-state index in [1.165, 1.54) is 19.2 Å². The van der Waals surface area contributed by atoms with E-state index in [0.29, 0.717) is 30.0 Å². The van der Waals surface area contributed by atoms with Crippen molar-refractivity contribution in [2.45, 2.75) is 31.2 Å². The van der Waals surface area contributed by atoms with Crippen LogP contribution in [0.15, 0.2) is 71.6 Å². The molecule has 1 aliphatic rings. The number of benzene rings is 3. The van der Waals surface area contributed by atoms with Crippen molar-refractivity contribution in [3.63, 3.8) is 0 Å². The number of anilines is 2. The van der Waals surface area contributed by atoms with Gasteiger partial charge in [0.2, 0.25) is 5.91 Å². The van der Waals surface area contributed by atoms with Gasteiger partial charge in [0.05, 0.1) is 12.0 Å². The molecule has 0 saturated carbocycles. The number of carbonyl (C=O) groups excluding carboxylic acids is 2. The van der Waals surface area contributed by atoms with Gasteiger partial charge in [-0.1, -0.05) is 18.2 Å². The standard InChI is InChI=1S/C26H27N3O5S/c1-18-8-13-23(35(32,33)28-20-9-11-22(34-2)12-10-20)16-24(18)26(31)27-17-19-5-3-6-21(15-19)29-14-4-7-25(29)30/h3,5-6,8-13,15-16,28H,4,7,14,17H2,1-2H3,(H,27,31). The molecule has 1 fully saturated rings. The zero-order valence-corrected chi connectivity index (χ0v) is 20.4. The average Bonchev–Trinajstić information content (AvgIpc) is 3.29. The van der Waals surface area contributed by atoms with Gasteiger partial charge in [0.15, 0.2) is 0 Å². The van der Waals surface area contributed by atoms with Crippen LogP contribution in [0, 0.1) is 6.92 Å². The summed E-state index contributed by atoms with van der Waals surface area (Å²) >= 11 is 0. The van der Waals surface area contributed by atoms with E-state index in [0.717, 1.165) is 17.7 Å². The highest BCUT2D eigenvalue weighted by molar-refractivity contribution is 7.92. The lowest BCUT2D eigenvalue weighted by atomic mass is 10.1. The molecule has 0 atom stereocenters. The second kappa shape index (κ2) is 10.2. The minimum atomic E-state index is -3.90. The van der Waals surface area contributed by atoms with Crippen molar-refractivity contribution in [3.05, 3.63) is 83.4 Å². The Bertz CT molecular complexity index is 1350. The van der Waals surface area contributed by atoms with Crippen LogP contribution in [0.25, 0.3) is 0 Å². The summed E-state index contributed by atoms with van der Waals surface area (Å²) in [7, 11) is -2.37. The van der Waals surface area contributed by atoms with Crippen LogP contribution in [0.3, 0.4) is 0 Å². The second-order valence-electron chi connectivity index (χ2n) is 8.31. The maximum Gasteiger partial charge on any atom is 0.261 e. The first-order chi connectivity index (χ1) is 16.8. The Labute approximate surface area is 205 Å². The molecule has 4 rings (SSSR count). The van der Waals surface area contributed by atoms with Crippen LogP contribution in [0.5, 0.6) is 5.75 Å². The van der Waals surface area contributed by atoms with E-state index in [4.69, 9.17) is 4.74 Å². The predicted octanol–water partition coefficient (Wildman–Crippen LogP) is 3.86. The number of methoxy groups -OCH3 is 1. The lowest BCUT2D eigenvalue weighted by Gasteiger charge is -2.17. The van der Waals surface area contributed by atoms with Gasteiger partial charge in [-0.2, -0.15) is 0 Å². The molecular formula is C26H27N3O5S. The van der Waals surface area contributed by atoms with Gasteiger partial charge >= 0.3 is 0 Å². The summed E-state index contributed by atoms with van der Waals surface area (Å²) < 4.78 is 33.4. The molecule has 2 N–H and O–H groups in total. The van der Waals surface area contributed by atoms with Gasteiger partial charge in [-0.25, -0.2) is 8.42 Å². The van der Waals surface area contributed by atoms with Crippen molar-refractivity contribution in [2.75, 3.05) is 23.3 Å². The van der Waals surface area contributed by atoms with Crippen LogP contribution < -0.4 is 19.7 Å². The number of amides is 2. The summed E-state index contributed by atoms with van der Waals surface area (Å²) in [5, 5.41) is 2.85. The maximum atomic E-state index is 12.9. The molecule has 0 spiro atoms. The summed E-state index contributed by atoms with van der Waals surface area (Å²) in [6, 6.07) is 18.4. The van der Waals surface area contributed by atoms with Gasteiger partial charge in [-0.3, -0.25) is 14.3 Å². The number of hydrogen-bond donors (Lipinski definition) is 2. The van der Waals surface area contributed by atoms with E-state index in [1.807, 2.05) is 24.3 Å². The first kappa shape index (κ1) is 24.3. The highest BCUT2D eigenvalue weighted by Crippen LogP contribution is 2.23. The normalized spacial score (nSPS) is 13.5. The van der Waals surface area contributed by atoms with E-state index in [9.17, 15) is 18.0 Å². The summed E-state index contributed by atoms with van der Waals surface area (Å²) in [6.45, 7) is 2.69. The fourth-order valence-electron chi connectivity index (χ4n) is 3.92. The molecule has 0 aromatic heterocycles. The Morgan fingerprint density at radius 3 is 2.51 bits per heavy atom. The SMILES string of the molecule is COc1ccc(NS(=O)(=O)c2ccc(C)c(C(=O)NCc3cccc(N4CCCC4=O)c3)c2)cc1. The topological polar surface area (TPSA) is 105 Å². The van der Waals surface area contributed by atoms with Crippen molar-refractivity contribution in [3.8, 4) is 5.75 Å². The first-order valence-corrected chi connectivity index (χ1v) is 12.7. The fraction of sp³-hybridized carbons (Fsp3) is 0.231. The highest BCUT2D eigenvalue weighted by Gasteiger charge is 2.22. The van der Waals surface area contributed by atoms with E-state index >= 15 is 0 Å². The van der Waals surface area contributed by atoms with Gasteiger partial charge in [-0.15, -0.1) is 0 Å². The molecule has 3 aromatic carbocycles. The highest BCUT2D eigenvalue weighted by atomic mass is 32.2. The lowest BCUT2D eigenvalue weighted by molar-refractivity contribution is -0.117. The van der Waals surface area contributed by atoms with E-state index < -0.39 is 10.0 Å². The Kier molecular flexibility index (Phi) is 7.07. The average molecular weight is 494 g/mol. The van der Waals surface area contributed by atoms with E-state index in [1.54, 1.807) is 42.2 Å². The number of sulfonamides is 1. The van der Waals surface area contributed by atoms with E-state index in [-0.39, 0.29) is 28.8 Å². The lowest BCUT2D eigenvalue weighted by Crippen LogP contribution is -2.25. The van der Waals surface area contributed by atoms with Gasteiger partial charge in [-0.05, 0) is 73.0 Å². The van der Waals surface area contributed by atoms with Crippen molar-refractivity contribution in [1.82, 2.24) is 5.32 Å². The summed E-state index contributed by atoms with van der Waals surface area (Å²) in [5.41, 5.74) is 2.97. The Hall–Kier alpha value is -3.85. The van der Waals surface area contributed by atoms with Crippen molar-refractivity contribution < 1.29 is 22.7 Å². The van der Waals surface area contributed by atoms with E-state index in [2.05, 4.69) is 10.0 Å². The fourth-order valence-corrected chi connectivity index (χ4v) is 5.00. The third-order valence-electron chi connectivity index (χ3n) is 5.85. The molecule has 8 nitrogen and oxygen atoms in total. The van der Waals surface area contributed by atoms with Crippen molar-refractivity contribution in [2.24, 2.45) is 0 Å². The minimum Gasteiger partial charge on any atom is -0.497 e. The number of nitrogens with zero attached hydrogens (tertiary/aromatic N) is 1. The van der Waals surface area contributed by atoms with Gasteiger partial charge in [0.1, 0.15) is 5.75 Å². The van der Waals surface area contributed by atoms with Crippen molar-refractivity contribution in [1.29, 1.82) is 0 Å². The smallest absolute Gasteiger partial charge is 0.261 e.